The van der Waals surface area contributed by atoms with Gasteiger partial charge in [-0.1, -0.05) is 25.5 Å². The van der Waals surface area contributed by atoms with Crippen molar-refractivity contribution in [1.29, 1.82) is 0 Å². The van der Waals surface area contributed by atoms with E-state index in [0.29, 0.717) is 63.2 Å². The molecule has 10 heteroatoms. The second-order valence-electron chi connectivity index (χ2n) is 11.5. The van der Waals surface area contributed by atoms with Crippen LogP contribution in [-0.4, -0.2) is 74.6 Å². The highest BCUT2D eigenvalue weighted by molar-refractivity contribution is 6.00. The maximum absolute atomic E-state index is 13.6. The van der Waals surface area contributed by atoms with Crippen molar-refractivity contribution >= 4 is 30.2 Å². The third kappa shape index (κ3) is 6.68. The number of piperidine rings is 1. The Morgan fingerprint density at radius 3 is 2.15 bits per heavy atom. The Morgan fingerprint density at radius 1 is 1.00 bits per heavy atom. The number of nitrogens with zero attached hydrogens (tertiary/aromatic N) is 2. The van der Waals surface area contributed by atoms with Gasteiger partial charge >= 0.3 is 5.97 Å². The number of hydrogen-bond donors (Lipinski definition) is 3. The van der Waals surface area contributed by atoms with E-state index in [1.54, 1.807) is 12.1 Å². The molecule has 0 unspecified atom stereocenters. The Morgan fingerprint density at radius 2 is 1.61 bits per heavy atom. The molecule has 1 atom stereocenters. The highest BCUT2D eigenvalue weighted by atomic mass is 35.5. The van der Waals surface area contributed by atoms with Gasteiger partial charge in [-0.25, -0.2) is 4.79 Å². The lowest BCUT2D eigenvalue weighted by atomic mass is 9.74. The highest BCUT2D eigenvalue weighted by Crippen LogP contribution is 2.39. The molecule has 2 aliphatic heterocycles. The lowest BCUT2D eigenvalue weighted by molar-refractivity contribution is -0.164. The molecule has 1 saturated carbocycles. The predicted octanol–water partition coefficient (Wildman–Crippen LogP) is 4.37. The fourth-order valence-corrected chi connectivity index (χ4v) is 6.12. The SMILES string of the molecule is CCCCN1C(=O)[C@@H](CC2(O)CCC2)NC(=O)C12CCN(Cc1ccc(Oc3ccc(C(=O)O)cc3)cc1)CC2.Cl. The van der Waals surface area contributed by atoms with Crippen LogP contribution < -0.4 is 10.1 Å². The standard InChI is InChI=1S/C31H39N3O6.ClH/c1-2-3-17-34-27(35)26(20-30(39)13-4-14-30)32-29(38)31(34)15-18-33(19-16-31)21-22-5-9-24(10-6-22)40-25-11-7-23(8-12-25)28(36)37;/h5-12,26,39H,2-4,13-21H2,1H3,(H,32,38)(H,36,37);1H/t26-;/m1./s1. The average Bonchev–Trinajstić information content (AvgIpc) is 2.93. The van der Waals surface area contributed by atoms with Gasteiger partial charge < -0.3 is 25.2 Å². The Hall–Kier alpha value is -3.14. The largest absolute Gasteiger partial charge is 0.478 e. The number of carboxylic acids is 1. The number of nitrogens with one attached hydrogen (secondary N) is 1. The zero-order valence-corrected chi connectivity index (χ0v) is 24.3. The number of likely N-dealkylation sites (tertiary alicyclic amines) is 1. The fourth-order valence-electron chi connectivity index (χ4n) is 6.12. The summed E-state index contributed by atoms with van der Waals surface area (Å²) in [5.41, 5.74) is -0.328. The molecular formula is C31H40ClN3O6. The van der Waals surface area contributed by atoms with E-state index >= 15 is 0 Å². The van der Waals surface area contributed by atoms with Crippen molar-refractivity contribution in [1.82, 2.24) is 15.1 Å². The summed E-state index contributed by atoms with van der Waals surface area (Å²) in [4.78, 5) is 42.3. The van der Waals surface area contributed by atoms with Crippen molar-refractivity contribution in [3.8, 4) is 11.5 Å². The van der Waals surface area contributed by atoms with E-state index in [4.69, 9.17) is 9.84 Å². The first-order valence-electron chi connectivity index (χ1n) is 14.4. The van der Waals surface area contributed by atoms with Gasteiger partial charge in [-0.3, -0.25) is 14.5 Å². The molecule has 3 N–H and O–H groups in total. The predicted molar refractivity (Wildman–Crippen MR) is 156 cm³/mol. The Labute approximate surface area is 247 Å². The minimum absolute atomic E-state index is 0. The van der Waals surface area contributed by atoms with Crippen molar-refractivity contribution in [3.05, 3.63) is 59.7 Å². The first kappa shape index (κ1) is 30.8. The molecule has 0 aromatic heterocycles. The van der Waals surface area contributed by atoms with Crippen LogP contribution in [0.4, 0.5) is 0 Å². The van der Waals surface area contributed by atoms with Crippen LogP contribution in [0.25, 0.3) is 0 Å². The van der Waals surface area contributed by atoms with Crippen LogP contribution in [0, 0.1) is 0 Å². The summed E-state index contributed by atoms with van der Waals surface area (Å²) in [7, 11) is 0. The van der Waals surface area contributed by atoms with Crippen LogP contribution in [0.3, 0.4) is 0 Å². The molecule has 2 aromatic rings. The number of ether oxygens (including phenoxy) is 1. The number of hydrogen-bond acceptors (Lipinski definition) is 6. The summed E-state index contributed by atoms with van der Waals surface area (Å²) in [5.74, 6) is 0.131. The highest BCUT2D eigenvalue weighted by Gasteiger charge is 2.54. The molecule has 2 amide bonds. The summed E-state index contributed by atoms with van der Waals surface area (Å²) in [6.07, 6.45) is 5.59. The molecule has 222 valence electrons. The number of halogens is 1. The smallest absolute Gasteiger partial charge is 0.335 e. The number of rotatable bonds is 10. The number of benzene rings is 2. The van der Waals surface area contributed by atoms with E-state index in [1.807, 2.05) is 29.2 Å². The molecule has 3 fully saturated rings. The van der Waals surface area contributed by atoms with Crippen LogP contribution in [0.5, 0.6) is 11.5 Å². The van der Waals surface area contributed by atoms with Gasteiger partial charge in [0, 0.05) is 32.6 Å². The molecule has 2 heterocycles. The van der Waals surface area contributed by atoms with Gasteiger partial charge in [-0.15, -0.1) is 12.4 Å². The number of carbonyl (C=O) groups excluding carboxylic acids is 2. The number of aliphatic hydroxyl groups is 1. The molecular weight excluding hydrogens is 546 g/mol. The number of amides is 2. The summed E-state index contributed by atoms with van der Waals surface area (Å²) < 4.78 is 5.84. The maximum Gasteiger partial charge on any atom is 0.335 e. The third-order valence-corrected chi connectivity index (χ3v) is 8.76. The summed E-state index contributed by atoms with van der Waals surface area (Å²) in [6, 6.07) is 13.4. The fraction of sp³-hybridized carbons (Fsp3) is 0.516. The van der Waals surface area contributed by atoms with E-state index in [-0.39, 0.29) is 29.8 Å². The summed E-state index contributed by atoms with van der Waals surface area (Å²) in [5, 5.41) is 22.7. The lowest BCUT2D eigenvalue weighted by Crippen LogP contribution is -2.73. The Bertz CT molecular complexity index is 1220. The van der Waals surface area contributed by atoms with Crippen LogP contribution in [-0.2, 0) is 16.1 Å². The number of carbonyl (C=O) groups is 3. The van der Waals surface area contributed by atoms with Gasteiger partial charge in [0.1, 0.15) is 23.1 Å². The Kier molecular flexibility index (Phi) is 9.62. The molecule has 0 radical (unpaired) electrons. The monoisotopic (exact) mass is 585 g/mol. The van der Waals surface area contributed by atoms with Crippen LogP contribution in [0.1, 0.15) is 74.2 Å². The lowest BCUT2D eigenvalue weighted by Gasteiger charge is -2.52. The molecule has 3 aliphatic rings. The molecule has 1 spiro atoms. The summed E-state index contributed by atoms with van der Waals surface area (Å²) >= 11 is 0. The van der Waals surface area contributed by atoms with Crippen molar-refractivity contribution in [2.24, 2.45) is 0 Å². The van der Waals surface area contributed by atoms with Gasteiger partial charge in [-0.05, 0) is 80.5 Å². The molecule has 41 heavy (non-hydrogen) atoms. The molecule has 9 nitrogen and oxygen atoms in total. The van der Waals surface area contributed by atoms with E-state index in [2.05, 4.69) is 17.1 Å². The van der Waals surface area contributed by atoms with Gasteiger partial charge in [0.05, 0.1) is 11.2 Å². The quantitative estimate of drug-likeness (QED) is 0.379. The van der Waals surface area contributed by atoms with Gasteiger partial charge in [0.15, 0.2) is 0 Å². The van der Waals surface area contributed by atoms with Crippen molar-refractivity contribution in [2.45, 2.75) is 82.0 Å². The minimum Gasteiger partial charge on any atom is -0.478 e. The van der Waals surface area contributed by atoms with Crippen LogP contribution in [0.2, 0.25) is 0 Å². The summed E-state index contributed by atoms with van der Waals surface area (Å²) in [6.45, 7) is 4.78. The normalized spacial score (nSPS) is 21.5. The molecule has 0 bridgehead atoms. The Balaban J connectivity index is 0.00000387. The second-order valence-corrected chi connectivity index (χ2v) is 11.5. The zero-order chi connectivity index (χ0) is 28.3. The van der Waals surface area contributed by atoms with E-state index < -0.39 is 23.2 Å². The molecule has 2 aromatic carbocycles. The first-order valence-corrected chi connectivity index (χ1v) is 14.4. The van der Waals surface area contributed by atoms with Crippen molar-refractivity contribution < 1.29 is 29.3 Å². The van der Waals surface area contributed by atoms with Gasteiger partial charge in [0.2, 0.25) is 11.8 Å². The van der Waals surface area contributed by atoms with Gasteiger partial charge in [0.25, 0.3) is 0 Å². The topological polar surface area (TPSA) is 119 Å². The van der Waals surface area contributed by atoms with Gasteiger partial charge in [-0.2, -0.15) is 0 Å². The van der Waals surface area contributed by atoms with Crippen molar-refractivity contribution in [2.75, 3.05) is 19.6 Å². The minimum atomic E-state index is -0.975. The average molecular weight is 586 g/mol. The second kappa shape index (κ2) is 12.8. The molecule has 2 saturated heterocycles. The molecule has 5 rings (SSSR count). The van der Waals surface area contributed by atoms with E-state index in [0.717, 1.165) is 31.4 Å². The number of carboxylic acid groups (broad SMARTS) is 1. The van der Waals surface area contributed by atoms with Crippen LogP contribution in [0.15, 0.2) is 48.5 Å². The molecule has 1 aliphatic carbocycles. The number of piperazine rings is 1. The van der Waals surface area contributed by atoms with E-state index in [1.165, 1.54) is 12.1 Å². The number of aromatic carboxylic acids is 1. The number of unbranched alkanes of at least 4 members (excludes halogenated alkanes) is 1. The van der Waals surface area contributed by atoms with Crippen molar-refractivity contribution in [3.63, 3.8) is 0 Å². The zero-order valence-electron chi connectivity index (χ0n) is 23.5. The maximum atomic E-state index is 13.6. The third-order valence-electron chi connectivity index (χ3n) is 8.76. The van der Waals surface area contributed by atoms with E-state index in [9.17, 15) is 19.5 Å². The first-order chi connectivity index (χ1) is 19.2. The van der Waals surface area contributed by atoms with Crippen LogP contribution >= 0.6 is 12.4 Å².